The lowest BCUT2D eigenvalue weighted by atomic mass is 9.84. The third kappa shape index (κ3) is 5.46. The molecule has 2 rings (SSSR count). The average molecular weight is 364 g/mol. The third-order valence-corrected chi connectivity index (χ3v) is 4.25. The van der Waals surface area contributed by atoms with E-state index in [1.54, 1.807) is 6.92 Å². The Balaban J connectivity index is 2.17. The maximum Gasteiger partial charge on any atom is 0.315 e. The number of methoxy groups -OCH3 is 1. The van der Waals surface area contributed by atoms with E-state index in [-0.39, 0.29) is 18.4 Å². The van der Waals surface area contributed by atoms with Crippen molar-refractivity contribution in [3.8, 4) is 11.8 Å². The summed E-state index contributed by atoms with van der Waals surface area (Å²) in [4.78, 5) is 23.5. The number of esters is 2. The summed E-state index contributed by atoms with van der Waals surface area (Å²) in [7, 11) is 1.37. The predicted molar refractivity (Wildman–Crippen MR) is 104 cm³/mol. The van der Waals surface area contributed by atoms with Crippen molar-refractivity contribution >= 4 is 11.9 Å². The first kappa shape index (κ1) is 20.3. The Hall–Kier alpha value is -3.06. The number of hydrogen-bond acceptors (Lipinski definition) is 4. The molecule has 0 saturated carbocycles. The van der Waals surface area contributed by atoms with Gasteiger partial charge in [-0.05, 0) is 56.2 Å². The van der Waals surface area contributed by atoms with E-state index in [1.807, 2.05) is 62.4 Å². The van der Waals surface area contributed by atoms with Crippen LogP contribution in [0.3, 0.4) is 0 Å². The molecule has 0 unspecified atom stereocenters. The van der Waals surface area contributed by atoms with Gasteiger partial charge in [0, 0.05) is 11.1 Å². The number of carbonyl (C=O) groups is 2. The quantitative estimate of drug-likeness (QED) is 0.600. The Morgan fingerprint density at radius 2 is 1.67 bits per heavy atom. The zero-order chi connectivity index (χ0) is 19.9. The highest BCUT2D eigenvalue weighted by atomic mass is 16.5. The smallest absolute Gasteiger partial charge is 0.315 e. The highest BCUT2D eigenvalue weighted by Gasteiger charge is 2.31. The molecule has 4 heteroatoms. The maximum atomic E-state index is 12.2. The van der Waals surface area contributed by atoms with Crippen LogP contribution < -0.4 is 0 Å². The van der Waals surface area contributed by atoms with Crippen LogP contribution >= 0.6 is 0 Å². The van der Waals surface area contributed by atoms with Gasteiger partial charge in [0.25, 0.3) is 0 Å². The van der Waals surface area contributed by atoms with Crippen molar-refractivity contribution in [2.75, 3.05) is 13.7 Å². The Kier molecular flexibility index (Phi) is 6.79. The van der Waals surface area contributed by atoms with E-state index in [9.17, 15) is 9.59 Å². The van der Waals surface area contributed by atoms with Gasteiger partial charge in [0.2, 0.25) is 0 Å². The molecule has 0 radical (unpaired) electrons. The van der Waals surface area contributed by atoms with Gasteiger partial charge in [0.05, 0.1) is 25.6 Å². The number of rotatable bonds is 5. The predicted octanol–water partition coefficient (Wildman–Crippen LogP) is 3.64. The van der Waals surface area contributed by atoms with Gasteiger partial charge in [-0.15, -0.1) is 0 Å². The number of ether oxygens (including phenoxy) is 2. The normalized spacial score (nSPS) is 10.5. The minimum absolute atomic E-state index is 0.245. The summed E-state index contributed by atoms with van der Waals surface area (Å²) in [5.41, 5.74) is 2.68. The molecule has 0 bridgehead atoms. The van der Waals surface area contributed by atoms with Crippen molar-refractivity contribution in [2.24, 2.45) is 0 Å². The van der Waals surface area contributed by atoms with Crippen molar-refractivity contribution in [3.63, 3.8) is 0 Å². The Labute approximate surface area is 160 Å². The van der Waals surface area contributed by atoms with E-state index in [4.69, 9.17) is 4.74 Å². The van der Waals surface area contributed by atoms with Gasteiger partial charge in [-0.25, -0.2) is 0 Å². The number of carbonyl (C=O) groups excluding carboxylic acids is 2. The fourth-order valence-corrected chi connectivity index (χ4v) is 2.50. The van der Waals surface area contributed by atoms with E-state index < -0.39 is 5.41 Å². The molecule has 27 heavy (non-hydrogen) atoms. The molecule has 0 atom stereocenters. The summed E-state index contributed by atoms with van der Waals surface area (Å²) in [6, 6.07) is 15.1. The molecule has 140 valence electrons. The first-order chi connectivity index (χ1) is 12.9. The second-order valence-electron chi connectivity index (χ2n) is 6.63. The second-order valence-corrected chi connectivity index (χ2v) is 6.63. The molecule has 0 spiro atoms. The molecule has 0 heterocycles. The minimum atomic E-state index is -0.733. The van der Waals surface area contributed by atoms with E-state index in [0.29, 0.717) is 6.61 Å². The number of hydrogen-bond donors (Lipinski definition) is 0. The van der Waals surface area contributed by atoms with Crippen LogP contribution in [0.1, 0.15) is 43.0 Å². The average Bonchev–Trinajstić information content (AvgIpc) is 2.67. The van der Waals surface area contributed by atoms with Crippen LogP contribution in [0.15, 0.2) is 48.5 Å². The Morgan fingerprint density at radius 1 is 1.00 bits per heavy atom. The summed E-state index contributed by atoms with van der Waals surface area (Å²) in [6.45, 7) is 5.84. The molecule has 0 aliphatic heterocycles. The van der Waals surface area contributed by atoms with Gasteiger partial charge in [-0.1, -0.05) is 36.1 Å². The van der Waals surface area contributed by atoms with Gasteiger partial charge in [-0.2, -0.15) is 0 Å². The first-order valence-corrected chi connectivity index (χ1v) is 8.82. The van der Waals surface area contributed by atoms with Crippen LogP contribution in [0.5, 0.6) is 0 Å². The van der Waals surface area contributed by atoms with E-state index >= 15 is 0 Å². The summed E-state index contributed by atoms with van der Waals surface area (Å²) in [5, 5.41) is 0. The Morgan fingerprint density at radius 3 is 2.30 bits per heavy atom. The Bertz CT molecular complexity index is 867. The largest absolute Gasteiger partial charge is 0.469 e. The van der Waals surface area contributed by atoms with Crippen molar-refractivity contribution < 1.29 is 19.1 Å². The lowest BCUT2D eigenvalue weighted by molar-refractivity contribution is -0.148. The molecule has 0 aliphatic carbocycles. The summed E-state index contributed by atoms with van der Waals surface area (Å²) < 4.78 is 9.83. The lowest BCUT2D eigenvalue weighted by Crippen LogP contribution is -2.31. The first-order valence-electron chi connectivity index (χ1n) is 8.82. The van der Waals surface area contributed by atoms with Crippen molar-refractivity contribution in [1.29, 1.82) is 0 Å². The zero-order valence-corrected chi connectivity index (χ0v) is 16.2. The van der Waals surface area contributed by atoms with Crippen LogP contribution in [0.4, 0.5) is 0 Å². The van der Waals surface area contributed by atoms with Crippen molar-refractivity contribution in [3.05, 3.63) is 70.8 Å². The maximum absolute atomic E-state index is 12.2. The van der Waals surface area contributed by atoms with Gasteiger partial charge in [-0.3, -0.25) is 9.59 Å². The fraction of sp³-hybridized carbons (Fsp3) is 0.304. The number of benzene rings is 2. The van der Waals surface area contributed by atoms with Crippen LogP contribution in [-0.4, -0.2) is 25.7 Å². The second kappa shape index (κ2) is 9.05. The van der Waals surface area contributed by atoms with Crippen LogP contribution in [0.2, 0.25) is 0 Å². The van der Waals surface area contributed by atoms with Gasteiger partial charge in [0.15, 0.2) is 0 Å². The minimum Gasteiger partial charge on any atom is -0.469 e. The van der Waals surface area contributed by atoms with Gasteiger partial charge >= 0.3 is 11.9 Å². The summed E-state index contributed by atoms with van der Waals surface area (Å²) >= 11 is 0. The highest BCUT2D eigenvalue weighted by Crippen LogP contribution is 2.25. The molecule has 0 N–H and O–H groups in total. The van der Waals surface area contributed by atoms with E-state index in [1.165, 1.54) is 7.11 Å². The molecule has 0 aromatic heterocycles. The SMILES string of the molecule is CCOC(=O)C(C)(C)c1cccc(C#Cc2ccc(CC(=O)OC)cc2)c1. The van der Waals surface area contributed by atoms with Gasteiger partial charge < -0.3 is 9.47 Å². The lowest BCUT2D eigenvalue weighted by Gasteiger charge is -2.22. The van der Waals surface area contributed by atoms with Gasteiger partial charge in [0.1, 0.15) is 0 Å². The molecule has 2 aromatic carbocycles. The molecule has 0 aliphatic rings. The molecule has 0 amide bonds. The van der Waals surface area contributed by atoms with Crippen LogP contribution in [0, 0.1) is 11.8 Å². The monoisotopic (exact) mass is 364 g/mol. The third-order valence-electron chi connectivity index (χ3n) is 4.25. The zero-order valence-electron chi connectivity index (χ0n) is 16.2. The molecule has 0 fully saturated rings. The topological polar surface area (TPSA) is 52.6 Å². The van der Waals surface area contributed by atoms with Crippen molar-refractivity contribution in [2.45, 2.75) is 32.6 Å². The highest BCUT2D eigenvalue weighted by molar-refractivity contribution is 5.82. The van der Waals surface area contributed by atoms with Crippen molar-refractivity contribution in [1.82, 2.24) is 0 Å². The standard InChI is InChI=1S/C23H24O4/c1-5-27-22(25)23(2,3)20-8-6-7-18(15-20)12-9-17-10-13-19(14-11-17)16-21(24)26-4/h6-8,10-11,13-15H,5,16H2,1-4H3. The molecule has 2 aromatic rings. The molecular formula is C23H24O4. The van der Waals surface area contributed by atoms with Crippen LogP contribution in [0.25, 0.3) is 0 Å². The molecule has 0 saturated heterocycles. The molecule has 4 nitrogen and oxygen atoms in total. The fourth-order valence-electron chi connectivity index (χ4n) is 2.50. The van der Waals surface area contributed by atoms with E-state index in [2.05, 4.69) is 16.6 Å². The molecular weight excluding hydrogens is 340 g/mol. The summed E-state index contributed by atoms with van der Waals surface area (Å²) in [5.74, 6) is 5.71. The summed E-state index contributed by atoms with van der Waals surface area (Å²) in [6.07, 6.45) is 0.245. The van der Waals surface area contributed by atoms with E-state index in [0.717, 1.165) is 22.3 Å². The van der Waals surface area contributed by atoms with Crippen LogP contribution in [-0.2, 0) is 30.9 Å².